The second kappa shape index (κ2) is 10.1. The van der Waals surface area contributed by atoms with E-state index in [0.717, 1.165) is 18.4 Å². The molecule has 4 rings (SSSR count). The molecule has 2 aromatic rings. The summed E-state index contributed by atoms with van der Waals surface area (Å²) in [6.07, 6.45) is 1.46. The van der Waals surface area contributed by atoms with Crippen LogP contribution in [0.5, 0.6) is 0 Å². The molecule has 0 spiro atoms. The van der Waals surface area contributed by atoms with Crippen molar-refractivity contribution in [3.8, 4) is 0 Å². The van der Waals surface area contributed by atoms with Crippen LogP contribution in [0.15, 0.2) is 54.6 Å². The van der Waals surface area contributed by atoms with Gasteiger partial charge in [0.05, 0.1) is 25.1 Å². The molecule has 1 aliphatic heterocycles. The predicted molar refractivity (Wildman–Crippen MR) is 125 cm³/mol. The highest BCUT2D eigenvalue weighted by molar-refractivity contribution is 6.05. The quantitative estimate of drug-likeness (QED) is 0.557. The third kappa shape index (κ3) is 5.27. The van der Waals surface area contributed by atoms with Crippen LogP contribution in [-0.2, 0) is 19.1 Å². The summed E-state index contributed by atoms with van der Waals surface area (Å²) in [5.74, 6) is -1.39. The third-order valence-electron chi connectivity index (χ3n) is 5.89. The van der Waals surface area contributed by atoms with Gasteiger partial charge in [-0.05, 0) is 43.9 Å². The van der Waals surface area contributed by atoms with Gasteiger partial charge in [0.25, 0.3) is 5.91 Å². The number of carbonyl (C=O) groups is 4. The van der Waals surface area contributed by atoms with Crippen molar-refractivity contribution in [2.45, 2.75) is 57.3 Å². The van der Waals surface area contributed by atoms with Crippen molar-refractivity contribution in [3.05, 3.63) is 71.3 Å². The van der Waals surface area contributed by atoms with E-state index >= 15 is 0 Å². The van der Waals surface area contributed by atoms with E-state index < -0.39 is 29.9 Å². The van der Waals surface area contributed by atoms with Crippen LogP contribution in [0.3, 0.4) is 0 Å². The number of nitrogens with zero attached hydrogens (tertiary/aromatic N) is 1. The lowest BCUT2D eigenvalue weighted by Crippen LogP contribution is -2.44. The molecule has 1 aliphatic carbocycles. The maximum atomic E-state index is 13.1. The summed E-state index contributed by atoms with van der Waals surface area (Å²) >= 11 is 0. The molecule has 2 unspecified atom stereocenters. The fraction of sp³-hybridized carbons (Fsp3) is 0.385. The fourth-order valence-electron chi connectivity index (χ4n) is 4.26. The summed E-state index contributed by atoms with van der Waals surface area (Å²) in [4.78, 5) is 52.5. The molecule has 0 saturated heterocycles. The van der Waals surface area contributed by atoms with Gasteiger partial charge in [-0.15, -0.1) is 0 Å². The van der Waals surface area contributed by atoms with Gasteiger partial charge in [0.15, 0.2) is 0 Å². The van der Waals surface area contributed by atoms with Crippen molar-refractivity contribution in [1.29, 1.82) is 0 Å². The summed E-state index contributed by atoms with van der Waals surface area (Å²) in [5.41, 5.74) is 1.96. The molecule has 0 radical (unpaired) electrons. The SMILES string of the molecule is CC(C)OC(=O)CC(NC(=O)CNC(=O)C1c2ccccc2C(=O)N1C1CC1)c1ccccc1. The minimum absolute atomic E-state index is 0.0260. The Bertz CT molecular complexity index is 1080. The Kier molecular flexibility index (Phi) is 6.95. The van der Waals surface area contributed by atoms with Gasteiger partial charge in [0.2, 0.25) is 11.8 Å². The first-order valence-electron chi connectivity index (χ1n) is 11.6. The van der Waals surface area contributed by atoms with Gasteiger partial charge >= 0.3 is 5.97 Å². The van der Waals surface area contributed by atoms with Gasteiger partial charge in [-0.1, -0.05) is 48.5 Å². The minimum atomic E-state index is -0.741. The van der Waals surface area contributed by atoms with Gasteiger partial charge in [-0.25, -0.2) is 0 Å². The molecule has 34 heavy (non-hydrogen) atoms. The van der Waals surface area contributed by atoms with Crippen molar-refractivity contribution in [3.63, 3.8) is 0 Å². The van der Waals surface area contributed by atoms with Crippen molar-refractivity contribution < 1.29 is 23.9 Å². The highest BCUT2D eigenvalue weighted by atomic mass is 16.5. The number of esters is 1. The molecule has 8 nitrogen and oxygen atoms in total. The van der Waals surface area contributed by atoms with E-state index in [-0.39, 0.29) is 31.0 Å². The molecule has 2 aromatic carbocycles. The van der Waals surface area contributed by atoms with E-state index in [0.29, 0.717) is 11.1 Å². The second-order valence-corrected chi connectivity index (χ2v) is 8.92. The summed E-state index contributed by atoms with van der Waals surface area (Å²) in [6.45, 7) is 3.26. The molecule has 3 amide bonds. The molecule has 2 N–H and O–H groups in total. The highest BCUT2D eigenvalue weighted by Gasteiger charge is 2.47. The monoisotopic (exact) mass is 463 g/mol. The molecule has 178 valence electrons. The largest absolute Gasteiger partial charge is 0.463 e. The van der Waals surface area contributed by atoms with Crippen LogP contribution in [0, 0.1) is 0 Å². The molecule has 1 heterocycles. The molecule has 2 aliphatic rings. The number of hydrogen-bond acceptors (Lipinski definition) is 5. The second-order valence-electron chi connectivity index (χ2n) is 8.92. The number of rotatable bonds is 9. The number of hydrogen-bond donors (Lipinski definition) is 2. The maximum absolute atomic E-state index is 13.1. The van der Waals surface area contributed by atoms with Crippen LogP contribution < -0.4 is 10.6 Å². The lowest BCUT2D eigenvalue weighted by molar-refractivity contribution is -0.148. The average Bonchev–Trinajstić information content (AvgIpc) is 3.61. The zero-order valence-electron chi connectivity index (χ0n) is 19.3. The maximum Gasteiger partial charge on any atom is 0.308 e. The van der Waals surface area contributed by atoms with E-state index in [9.17, 15) is 19.2 Å². The topological polar surface area (TPSA) is 105 Å². The van der Waals surface area contributed by atoms with E-state index in [1.165, 1.54) is 0 Å². The van der Waals surface area contributed by atoms with Crippen LogP contribution in [0.2, 0.25) is 0 Å². The van der Waals surface area contributed by atoms with Crippen LogP contribution in [0.1, 0.15) is 66.7 Å². The van der Waals surface area contributed by atoms with Crippen molar-refractivity contribution >= 4 is 23.7 Å². The van der Waals surface area contributed by atoms with Crippen molar-refractivity contribution in [2.75, 3.05) is 6.54 Å². The molecule has 8 heteroatoms. The zero-order valence-corrected chi connectivity index (χ0v) is 19.3. The van der Waals surface area contributed by atoms with Crippen LogP contribution in [-0.4, -0.2) is 47.3 Å². The Morgan fingerprint density at radius 1 is 1.03 bits per heavy atom. The first-order chi connectivity index (χ1) is 16.3. The number of amides is 3. The van der Waals surface area contributed by atoms with Gasteiger partial charge < -0.3 is 20.3 Å². The average molecular weight is 464 g/mol. The van der Waals surface area contributed by atoms with E-state index in [1.807, 2.05) is 30.3 Å². The molecule has 1 fully saturated rings. The molecule has 1 saturated carbocycles. The Hall–Kier alpha value is -3.68. The van der Waals surface area contributed by atoms with Crippen molar-refractivity contribution in [2.24, 2.45) is 0 Å². The molecular formula is C26H29N3O5. The number of ether oxygens (including phenoxy) is 1. The summed E-state index contributed by atoms with van der Waals surface area (Å²) in [6, 6.07) is 15.0. The molecule has 0 aromatic heterocycles. The lowest BCUT2D eigenvalue weighted by Gasteiger charge is -2.24. The van der Waals surface area contributed by atoms with Gasteiger partial charge in [-0.3, -0.25) is 19.2 Å². The zero-order chi connectivity index (χ0) is 24.2. The molecular weight excluding hydrogens is 434 g/mol. The predicted octanol–water partition coefficient (Wildman–Crippen LogP) is 2.66. The van der Waals surface area contributed by atoms with E-state index in [4.69, 9.17) is 4.74 Å². The van der Waals surface area contributed by atoms with Crippen LogP contribution >= 0.6 is 0 Å². The number of carbonyl (C=O) groups excluding carboxylic acids is 4. The summed E-state index contributed by atoms with van der Waals surface area (Å²) < 4.78 is 5.24. The summed E-state index contributed by atoms with van der Waals surface area (Å²) in [7, 11) is 0. The standard InChI is InChI=1S/C26H29N3O5/c1-16(2)34-23(31)14-21(17-8-4-3-5-9-17)28-22(30)15-27-25(32)24-19-10-6-7-11-20(19)26(33)29(24)18-12-13-18/h3-11,16,18,21,24H,12-15H2,1-2H3,(H,27,32)(H,28,30). The molecule has 0 bridgehead atoms. The Morgan fingerprint density at radius 2 is 1.71 bits per heavy atom. The van der Waals surface area contributed by atoms with E-state index in [2.05, 4.69) is 10.6 Å². The van der Waals surface area contributed by atoms with Gasteiger partial charge in [-0.2, -0.15) is 0 Å². The molecule has 2 atom stereocenters. The third-order valence-corrected chi connectivity index (χ3v) is 5.89. The summed E-state index contributed by atoms with van der Waals surface area (Å²) in [5, 5.41) is 5.50. The first kappa shape index (κ1) is 23.5. The highest BCUT2D eigenvalue weighted by Crippen LogP contribution is 2.41. The minimum Gasteiger partial charge on any atom is -0.463 e. The first-order valence-corrected chi connectivity index (χ1v) is 11.6. The fourth-order valence-corrected chi connectivity index (χ4v) is 4.26. The lowest BCUT2D eigenvalue weighted by atomic mass is 10.0. The van der Waals surface area contributed by atoms with E-state index in [1.54, 1.807) is 43.0 Å². The smallest absolute Gasteiger partial charge is 0.308 e. The normalized spacial score (nSPS) is 17.8. The van der Waals surface area contributed by atoms with Crippen LogP contribution in [0.25, 0.3) is 0 Å². The Morgan fingerprint density at radius 3 is 2.38 bits per heavy atom. The van der Waals surface area contributed by atoms with Crippen LogP contribution in [0.4, 0.5) is 0 Å². The number of nitrogens with one attached hydrogen (secondary N) is 2. The van der Waals surface area contributed by atoms with Crippen molar-refractivity contribution in [1.82, 2.24) is 15.5 Å². The van der Waals surface area contributed by atoms with Gasteiger partial charge in [0.1, 0.15) is 6.04 Å². The number of fused-ring (bicyclic) bond motifs is 1. The number of benzene rings is 2. The van der Waals surface area contributed by atoms with Gasteiger partial charge in [0, 0.05) is 11.6 Å². The Balaban J connectivity index is 1.41. The Labute approximate surface area is 198 Å².